The molecule has 3 heterocycles. The van der Waals surface area contributed by atoms with Gasteiger partial charge in [0.15, 0.2) is 0 Å². The number of para-hydroxylation sites is 1. The number of carbonyl (C=O) groups excluding carboxylic acids is 2. The first kappa shape index (κ1) is 25.4. The van der Waals surface area contributed by atoms with Crippen LogP contribution in [0.15, 0.2) is 36.4 Å². The summed E-state index contributed by atoms with van der Waals surface area (Å²) in [6, 6.07) is 11.6. The molecule has 2 aromatic carbocycles. The number of H-pyrrole nitrogens is 1. The van der Waals surface area contributed by atoms with Gasteiger partial charge in [0.1, 0.15) is 0 Å². The zero-order chi connectivity index (χ0) is 26.8. The number of aromatic amines is 1. The number of piperidine rings is 1. The van der Waals surface area contributed by atoms with E-state index >= 15 is 0 Å². The smallest absolute Gasteiger partial charge is 0.410 e. The molecule has 0 spiro atoms. The Kier molecular flexibility index (Phi) is 7.08. The molecule has 0 aliphatic carbocycles. The van der Waals surface area contributed by atoms with Crippen molar-refractivity contribution in [3.8, 4) is 6.01 Å². The fourth-order valence-corrected chi connectivity index (χ4v) is 5.24. The van der Waals surface area contributed by atoms with Gasteiger partial charge in [-0.05, 0) is 55.0 Å². The maximum Gasteiger partial charge on any atom is 0.410 e. The second-order valence-electron chi connectivity index (χ2n) is 9.72. The van der Waals surface area contributed by atoms with Crippen LogP contribution in [0.4, 0.5) is 15.3 Å². The summed E-state index contributed by atoms with van der Waals surface area (Å²) in [5.41, 5.74) is 4.96. The minimum atomic E-state index is -1.34. The molecule has 1 unspecified atom stereocenters. The van der Waals surface area contributed by atoms with Gasteiger partial charge in [-0.3, -0.25) is 0 Å². The molecule has 2 aliphatic rings. The summed E-state index contributed by atoms with van der Waals surface area (Å²) in [7, 11) is 1.51. The van der Waals surface area contributed by atoms with Gasteiger partial charge < -0.3 is 34.7 Å². The Hall–Kier alpha value is -4.28. The van der Waals surface area contributed by atoms with Crippen LogP contribution in [0, 0.1) is 6.92 Å². The number of aryl methyl sites for hydroxylation is 1. The SMILES string of the molecule is COc1nc2cc(CC(OC(=O)N3CCC(N4CCc5ccccc5NC4=O)CC3)C(=O)O)cc(C)c2[nH]1. The van der Waals surface area contributed by atoms with Gasteiger partial charge in [-0.2, -0.15) is 4.98 Å². The number of anilines is 1. The molecular weight excluding hydrogens is 490 g/mol. The molecule has 1 saturated heterocycles. The Balaban J connectivity index is 1.19. The van der Waals surface area contributed by atoms with E-state index in [-0.39, 0.29) is 18.5 Å². The highest BCUT2D eigenvalue weighted by atomic mass is 16.6. The van der Waals surface area contributed by atoms with E-state index in [2.05, 4.69) is 15.3 Å². The number of carbonyl (C=O) groups is 3. The maximum absolute atomic E-state index is 12.9. The van der Waals surface area contributed by atoms with Crippen molar-refractivity contribution in [3.05, 3.63) is 53.1 Å². The number of imidazole rings is 1. The maximum atomic E-state index is 12.9. The Labute approximate surface area is 219 Å². The van der Waals surface area contributed by atoms with Crippen LogP contribution >= 0.6 is 0 Å². The van der Waals surface area contributed by atoms with Crippen LogP contribution in [0.5, 0.6) is 6.01 Å². The number of hydrogen-bond acceptors (Lipinski definition) is 6. The van der Waals surface area contributed by atoms with Crippen LogP contribution in [0.3, 0.4) is 0 Å². The number of rotatable bonds is 6. The lowest BCUT2D eigenvalue weighted by Crippen LogP contribution is -2.50. The molecular formula is C27H31N5O6. The first-order valence-electron chi connectivity index (χ1n) is 12.7. The standard InChI is InChI=1S/C27H31N5O6/c1-16-13-17(14-21-23(16)30-25(28-21)37-2)15-22(24(33)34)38-27(36)31-10-8-19(9-11-31)32-12-7-18-5-3-4-6-20(18)29-26(32)35/h3-6,13-14,19,22H,7-12,15H2,1-2H3,(H,28,30)(H,29,35)(H,33,34). The molecule has 3 N–H and O–H groups in total. The average molecular weight is 522 g/mol. The largest absolute Gasteiger partial charge is 0.478 e. The highest BCUT2D eigenvalue weighted by molar-refractivity contribution is 5.91. The van der Waals surface area contributed by atoms with Crippen molar-refractivity contribution in [2.75, 3.05) is 32.1 Å². The van der Waals surface area contributed by atoms with Crippen LogP contribution in [0.25, 0.3) is 11.0 Å². The predicted octanol–water partition coefficient (Wildman–Crippen LogP) is 3.57. The van der Waals surface area contributed by atoms with Gasteiger partial charge in [-0.15, -0.1) is 0 Å². The fourth-order valence-electron chi connectivity index (χ4n) is 5.24. The summed E-state index contributed by atoms with van der Waals surface area (Å²) in [6.07, 6.45) is -0.0530. The molecule has 2 aliphatic heterocycles. The number of benzene rings is 2. The van der Waals surface area contributed by atoms with Crippen LogP contribution in [-0.4, -0.2) is 81.9 Å². The molecule has 11 nitrogen and oxygen atoms in total. The summed E-state index contributed by atoms with van der Waals surface area (Å²) >= 11 is 0. The minimum Gasteiger partial charge on any atom is -0.478 e. The molecule has 0 bridgehead atoms. The van der Waals surface area contributed by atoms with Crippen molar-refractivity contribution in [2.24, 2.45) is 0 Å². The number of nitrogens with zero attached hydrogens (tertiary/aromatic N) is 3. The lowest BCUT2D eigenvalue weighted by molar-refractivity contribution is -0.147. The molecule has 200 valence electrons. The Bertz CT molecular complexity index is 1360. The van der Waals surface area contributed by atoms with E-state index in [4.69, 9.17) is 9.47 Å². The Morgan fingerprint density at radius 2 is 1.95 bits per heavy atom. The highest BCUT2D eigenvalue weighted by Crippen LogP contribution is 2.26. The average Bonchev–Trinajstić information content (AvgIpc) is 3.25. The number of urea groups is 1. The van der Waals surface area contributed by atoms with E-state index in [1.807, 2.05) is 42.2 Å². The second kappa shape index (κ2) is 10.6. The first-order valence-corrected chi connectivity index (χ1v) is 12.7. The Morgan fingerprint density at radius 1 is 1.18 bits per heavy atom. The number of ether oxygens (including phenoxy) is 2. The van der Waals surface area contributed by atoms with Gasteiger partial charge in [0.05, 0.1) is 18.1 Å². The quantitative estimate of drug-likeness (QED) is 0.451. The fraction of sp³-hybridized carbons (Fsp3) is 0.407. The molecule has 1 atom stereocenters. The van der Waals surface area contributed by atoms with Crippen molar-refractivity contribution >= 4 is 34.8 Å². The van der Waals surface area contributed by atoms with E-state index < -0.39 is 18.2 Å². The molecule has 3 aromatic rings. The first-order chi connectivity index (χ1) is 18.3. The summed E-state index contributed by atoms with van der Waals surface area (Å²) in [5.74, 6) is -1.22. The van der Waals surface area contributed by atoms with Crippen LogP contribution in [0.1, 0.15) is 29.5 Å². The third-order valence-corrected chi connectivity index (χ3v) is 7.27. The monoisotopic (exact) mass is 521 g/mol. The van der Waals surface area contributed by atoms with Crippen molar-refractivity contribution in [3.63, 3.8) is 0 Å². The van der Waals surface area contributed by atoms with Crippen molar-refractivity contribution in [1.29, 1.82) is 0 Å². The van der Waals surface area contributed by atoms with E-state index in [9.17, 15) is 19.5 Å². The molecule has 0 saturated carbocycles. The number of amides is 3. The number of hydrogen-bond donors (Lipinski definition) is 3. The van der Waals surface area contributed by atoms with Gasteiger partial charge >= 0.3 is 18.1 Å². The normalized spacial score (nSPS) is 16.9. The summed E-state index contributed by atoms with van der Waals surface area (Å²) in [6.45, 7) is 3.25. The third kappa shape index (κ3) is 5.22. The van der Waals surface area contributed by atoms with Crippen LogP contribution in [0.2, 0.25) is 0 Å². The third-order valence-electron chi connectivity index (χ3n) is 7.27. The Morgan fingerprint density at radius 3 is 2.68 bits per heavy atom. The molecule has 3 amide bonds. The van der Waals surface area contributed by atoms with E-state index in [0.29, 0.717) is 49.6 Å². The van der Waals surface area contributed by atoms with Gasteiger partial charge in [-0.25, -0.2) is 14.4 Å². The van der Waals surface area contributed by atoms with E-state index in [1.54, 1.807) is 6.07 Å². The molecule has 1 fully saturated rings. The number of fused-ring (bicyclic) bond motifs is 2. The molecule has 11 heteroatoms. The number of nitrogens with one attached hydrogen (secondary N) is 2. The molecule has 1 aromatic heterocycles. The number of carboxylic acid groups (broad SMARTS) is 1. The van der Waals surface area contributed by atoms with Crippen LogP contribution < -0.4 is 10.1 Å². The van der Waals surface area contributed by atoms with E-state index in [0.717, 1.165) is 28.8 Å². The predicted molar refractivity (Wildman–Crippen MR) is 139 cm³/mol. The lowest BCUT2D eigenvalue weighted by Gasteiger charge is -2.37. The molecule has 5 rings (SSSR count). The second-order valence-corrected chi connectivity index (χ2v) is 9.72. The van der Waals surface area contributed by atoms with Crippen molar-refractivity contribution in [2.45, 2.75) is 44.8 Å². The number of likely N-dealkylation sites (tertiary alicyclic amines) is 1. The molecule has 38 heavy (non-hydrogen) atoms. The topological polar surface area (TPSA) is 137 Å². The van der Waals surface area contributed by atoms with Crippen molar-refractivity contribution < 1.29 is 29.0 Å². The van der Waals surface area contributed by atoms with Crippen LogP contribution in [-0.2, 0) is 22.4 Å². The lowest BCUT2D eigenvalue weighted by atomic mass is 10.0. The molecule has 0 radical (unpaired) electrons. The van der Waals surface area contributed by atoms with Gasteiger partial charge in [0, 0.05) is 37.8 Å². The van der Waals surface area contributed by atoms with Gasteiger partial charge in [0.2, 0.25) is 6.10 Å². The zero-order valence-electron chi connectivity index (χ0n) is 21.4. The number of aromatic nitrogens is 2. The number of methoxy groups -OCH3 is 1. The highest BCUT2D eigenvalue weighted by Gasteiger charge is 2.33. The van der Waals surface area contributed by atoms with E-state index in [1.165, 1.54) is 12.0 Å². The minimum absolute atomic E-state index is 0.0100. The summed E-state index contributed by atoms with van der Waals surface area (Å²) < 4.78 is 10.6. The summed E-state index contributed by atoms with van der Waals surface area (Å²) in [4.78, 5) is 48.4. The summed E-state index contributed by atoms with van der Waals surface area (Å²) in [5, 5.41) is 12.7. The number of carboxylic acids is 1. The van der Waals surface area contributed by atoms with Gasteiger partial charge in [-0.1, -0.05) is 24.3 Å². The van der Waals surface area contributed by atoms with Crippen molar-refractivity contribution in [1.82, 2.24) is 19.8 Å². The number of aliphatic carboxylic acids is 1. The van der Waals surface area contributed by atoms with Gasteiger partial charge in [0.25, 0.3) is 6.01 Å². The zero-order valence-corrected chi connectivity index (χ0v) is 21.4.